The quantitative estimate of drug-likeness (QED) is 0.715. The zero-order chi connectivity index (χ0) is 17.8. The van der Waals surface area contributed by atoms with Crippen LogP contribution in [0.4, 0.5) is 0 Å². The van der Waals surface area contributed by atoms with Gasteiger partial charge in [-0.15, -0.1) is 11.3 Å². The van der Waals surface area contributed by atoms with E-state index in [1.165, 1.54) is 17.4 Å². The summed E-state index contributed by atoms with van der Waals surface area (Å²) < 4.78 is 0. The molecule has 0 aliphatic carbocycles. The van der Waals surface area contributed by atoms with E-state index in [1.807, 2.05) is 25.3 Å². The molecule has 0 fully saturated rings. The van der Waals surface area contributed by atoms with E-state index in [1.54, 1.807) is 29.2 Å². The van der Waals surface area contributed by atoms with Crippen molar-refractivity contribution in [1.29, 1.82) is 0 Å². The molecule has 6 nitrogen and oxygen atoms in total. The van der Waals surface area contributed by atoms with Crippen LogP contribution in [0.15, 0.2) is 40.5 Å². The SMILES string of the molecule is CCN(Cc1nc2ccccc2c(=O)[nH]1)C(=O)/C=C/c1csc(C)n1. The van der Waals surface area contributed by atoms with E-state index in [9.17, 15) is 9.59 Å². The summed E-state index contributed by atoms with van der Waals surface area (Å²) in [7, 11) is 0. The number of nitrogens with zero attached hydrogens (tertiary/aromatic N) is 3. The van der Waals surface area contributed by atoms with Gasteiger partial charge in [-0.1, -0.05) is 12.1 Å². The fourth-order valence-electron chi connectivity index (χ4n) is 2.45. The van der Waals surface area contributed by atoms with Crippen molar-refractivity contribution in [3.63, 3.8) is 0 Å². The minimum atomic E-state index is -0.197. The van der Waals surface area contributed by atoms with Crippen molar-refractivity contribution in [2.24, 2.45) is 0 Å². The Labute approximate surface area is 148 Å². The van der Waals surface area contributed by atoms with Gasteiger partial charge >= 0.3 is 0 Å². The molecule has 7 heteroatoms. The number of likely N-dealkylation sites (N-methyl/N-ethyl adjacent to an activating group) is 1. The third kappa shape index (κ3) is 4.00. The third-order valence-corrected chi connectivity index (χ3v) is 4.52. The molecule has 25 heavy (non-hydrogen) atoms. The number of aryl methyl sites for hydroxylation is 1. The number of para-hydroxylation sites is 1. The van der Waals surface area contributed by atoms with Crippen molar-refractivity contribution in [3.8, 4) is 0 Å². The zero-order valence-corrected chi connectivity index (χ0v) is 14.8. The first-order valence-electron chi connectivity index (χ1n) is 7.94. The predicted octanol–water partition coefficient (Wildman–Crippen LogP) is 2.75. The van der Waals surface area contributed by atoms with Gasteiger partial charge in [-0.3, -0.25) is 9.59 Å². The second kappa shape index (κ2) is 7.40. The molecule has 0 atom stereocenters. The molecule has 0 saturated heterocycles. The van der Waals surface area contributed by atoms with Crippen molar-refractivity contribution in [2.45, 2.75) is 20.4 Å². The van der Waals surface area contributed by atoms with Crippen LogP contribution in [0, 0.1) is 6.92 Å². The number of aromatic amines is 1. The smallest absolute Gasteiger partial charge is 0.258 e. The largest absolute Gasteiger partial charge is 0.332 e. The van der Waals surface area contributed by atoms with Crippen LogP contribution >= 0.6 is 11.3 Å². The average Bonchev–Trinajstić information content (AvgIpc) is 3.03. The number of carbonyl (C=O) groups is 1. The van der Waals surface area contributed by atoms with E-state index in [-0.39, 0.29) is 18.0 Å². The molecule has 1 N–H and O–H groups in total. The van der Waals surface area contributed by atoms with Crippen LogP contribution in [0.3, 0.4) is 0 Å². The fourth-order valence-corrected chi connectivity index (χ4v) is 3.04. The Hall–Kier alpha value is -2.80. The Morgan fingerprint density at radius 2 is 2.12 bits per heavy atom. The van der Waals surface area contributed by atoms with Gasteiger partial charge in [0, 0.05) is 18.0 Å². The van der Waals surface area contributed by atoms with Gasteiger partial charge in [0.2, 0.25) is 5.91 Å². The maximum Gasteiger partial charge on any atom is 0.258 e. The number of hydrogen-bond donors (Lipinski definition) is 1. The fraction of sp³-hybridized carbons (Fsp3) is 0.222. The minimum Gasteiger partial charge on any atom is -0.332 e. The van der Waals surface area contributed by atoms with Crippen LogP contribution in [-0.4, -0.2) is 32.3 Å². The monoisotopic (exact) mass is 354 g/mol. The van der Waals surface area contributed by atoms with E-state index in [2.05, 4.69) is 15.0 Å². The minimum absolute atomic E-state index is 0.149. The van der Waals surface area contributed by atoms with Crippen LogP contribution in [0.5, 0.6) is 0 Å². The van der Waals surface area contributed by atoms with Crippen molar-refractivity contribution >= 4 is 34.2 Å². The van der Waals surface area contributed by atoms with Crippen molar-refractivity contribution in [1.82, 2.24) is 19.9 Å². The Bertz CT molecular complexity index is 990. The molecule has 2 heterocycles. The van der Waals surface area contributed by atoms with Gasteiger partial charge in [-0.2, -0.15) is 0 Å². The molecule has 3 aromatic rings. The standard InChI is InChI=1S/C18H18N4O2S/c1-3-22(17(23)9-8-13-11-25-12(2)19-13)10-16-20-15-7-5-4-6-14(15)18(24)21-16/h4-9,11H,3,10H2,1-2H3,(H,20,21,24)/b9-8+. The molecular formula is C18H18N4O2S. The highest BCUT2D eigenvalue weighted by atomic mass is 32.1. The van der Waals surface area contributed by atoms with Crippen LogP contribution in [0.1, 0.15) is 23.4 Å². The van der Waals surface area contributed by atoms with Crippen LogP contribution in [-0.2, 0) is 11.3 Å². The average molecular weight is 354 g/mol. The molecule has 0 bridgehead atoms. The maximum absolute atomic E-state index is 12.4. The van der Waals surface area contributed by atoms with Gasteiger partial charge in [-0.05, 0) is 32.1 Å². The summed E-state index contributed by atoms with van der Waals surface area (Å²) in [5.41, 5.74) is 1.19. The summed E-state index contributed by atoms with van der Waals surface area (Å²) in [5.74, 6) is 0.320. The molecule has 1 aromatic carbocycles. The molecule has 0 saturated carbocycles. The summed E-state index contributed by atoms with van der Waals surface area (Å²) >= 11 is 1.54. The Kier molecular flexibility index (Phi) is 5.04. The first-order valence-corrected chi connectivity index (χ1v) is 8.82. The van der Waals surface area contributed by atoms with Crippen molar-refractivity contribution < 1.29 is 4.79 Å². The number of thiazole rings is 1. The van der Waals surface area contributed by atoms with Gasteiger partial charge in [0.15, 0.2) is 0 Å². The lowest BCUT2D eigenvalue weighted by Gasteiger charge is -2.18. The summed E-state index contributed by atoms with van der Waals surface area (Å²) in [6.45, 7) is 4.56. The third-order valence-electron chi connectivity index (χ3n) is 3.73. The number of amides is 1. The Morgan fingerprint density at radius 1 is 1.32 bits per heavy atom. The van der Waals surface area contributed by atoms with E-state index in [0.29, 0.717) is 23.3 Å². The molecule has 0 unspecified atom stereocenters. The van der Waals surface area contributed by atoms with Gasteiger partial charge in [0.25, 0.3) is 5.56 Å². The normalized spacial score (nSPS) is 11.3. The number of carbonyl (C=O) groups excluding carboxylic acids is 1. The van der Waals surface area contributed by atoms with Crippen LogP contribution < -0.4 is 5.56 Å². The van der Waals surface area contributed by atoms with E-state index in [4.69, 9.17) is 0 Å². The van der Waals surface area contributed by atoms with Crippen LogP contribution in [0.2, 0.25) is 0 Å². The number of benzene rings is 1. The van der Waals surface area contributed by atoms with Gasteiger partial charge in [0.1, 0.15) is 5.82 Å². The molecule has 0 radical (unpaired) electrons. The second-order valence-corrected chi connectivity index (χ2v) is 6.57. The summed E-state index contributed by atoms with van der Waals surface area (Å²) in [5, 5.41) is 3.40. The molecule has 2 aromatic heterocycles. The number of fused-ring (bicyclic) bond motifs is 1. The maximum atomic E-state index is 12.4. The van der Waals surface area contributed by atoms with Crippen molar-refractivity contribution in [2.75, 3.05) is 6.54 Å². The summed E-state index contributed by atoms with van der Waals surface area (Å²) in [6.07, 6.45) is 3.20. The molecule has 1 amide bonds. The number of hydrogen-bond acceptors (Lipinski definition) is 5. The molecule has 0 aliphatic rings. The lowest BCUT2D eigenvalue weighted by atomic mass is 10.2. The molecule has 0 aliphatic heterocycles. The molecule has 0 spiro atoms. The number of H-pyrrole nitrogens is 1. The molecule has 3 rings (SSSR count). The molecule has 128 valence electrons. The lowest BCUT2D eigenvalue weighted by Crippen LogP contribution is -2.30. The zero-order valence-electron chi connectivity index (χ0n) is 14.0. The van der Waals surface area contributed by atoms with E-state index in [0.717, 1.165) is 10.7 Å². The first-order chi connectivity index (χ1) is 12.1. The summed E-state index contributed by atoms with van der Waals surface area (Å²) in [6, 6.07) is 7.15. The van der Waals surface area contributed by atoms with Crippen LogP contribution in [0.25, 0.3) is 17.0 Å². The number of rotatable bonds is 5. The highest BCUT2D eigenvalue weighted by Gasteiger charge is 2.12. The molecular weight excluding hydrogens is 336 g/mol. The van der Waals surface area contributed by atoms with Gasteiger partial charge < -0.3 is 9.88 Å². The van der Waals surface area contributed by atoms with E-state index < -0.39 is 0 Å². The van der Waals surface area contributed by atoms with Gasteiger partial charge in [-0.25, -0.2) is 9.97 Å². The Balaban J connectivity index is 1.78. The Morgan fingerprint density at radius 3 is 2.84 bits per heavy atom. The summed E-state index contributed by atoms with van der Waals surface area (Å²) in [4.78, 5) is 37.6. The van der Waals surface area contributed by atoms with Gasteiger partial charge in [0.05, 0.1) is 28.1 Å². The highest BCUT2D eigenvalue weighted by Crippen LogP contribution is 2.10. The predicted molar refractivity (Wildman–Crippen MR) is 99.3 cm³/mol. The number of aromatic nitrogens is 3. The first kappa shape index (κ1) is 17.0. The van der Waals surface area contributed by atoms with Crippen molar-refractivity contribution in [3.05, 3.63) is 62.6 Å². The topological polar surface area (TPSA) is 79.0 Å². The number of nitrogens with one attached hydrogen (secondary N) is 1. The second-order valence-electron chi connectivity index (χ2n) is 5.51. The lowest BCUT2D eigenvalue weighted by molar-refractivity contribution is -0.126. The highest BCUT2D eigenvalue weighted by molar-refractivity contribution is 7.09. The van der Waals surface area contributed by atoms with E-state index >= 15 is 0 Å².